The fourth-order valence-electron chi connectivity index (χ4n) is 1.93. The van der Waals surface area contributed by atoms with Crippen LogP contribution in [0.2, 0.25) is 0 Å². The zero-order chi connectivity index (χ0) is 13.0. The predicted molar refractivity (Wildman–Crippen MR) is 68.8 cm³/mol. The van der Waals surface area contributed by atoms with Gasteiger partial charge in [-0.1, -0.05) is 0 Å². The normalized spacial score (nSPS) is 18.8. The Morgan fingerprint density at radius 1 is 1.50 bits per heavy atom. The van der Waals surface area contributed by atoms with E-state index in [9.17, 15) is 9.90 Å². The van der Waals surface area contributed by atoms with Crippen LogP contribution in [0.4, 0.5) is 10.5 Å². The molecule has 5 nitrogen and oxygen atoms in total. The molecule has 0 aromatic heterocycles. The molecule has 18 heavy (non-hydrogen) atoms. The predicted octanol–water partition coefficient (Wildman–Crippen LogP) is 1.68. The number of ether oxygens (including phenoxy) is 1. The number of rotatable bonds is 3. The Balaban J connectivity index is 1.90. The molecule has 1 aliphatic heterocycles. The van der Waals surface area contributed by atoms with Crippen molar-refractivity contribution in [2.75, 3.05) is 25.0 Å². The van der Waals surface area contributed by atoms with Crippen LogP contribution in [-0.4, -0.2) is 41.8 Å². The Morgan fingerprint density at radius 2 is 2.22 bits per heavy atom. The number of hydrogen-bond donors (Lipinski definition) is 2. The van der Waals surface area contributed by atoms with Crippen LogP contribution in [0.25, 0.3) is 0 Å². The molecule has 0 spiro atoms. The highest BCUT2D eigenvalue weighted by Crippen LogP contribution is 2.17. The average Bonchev–Trinajstić information content (AvgIpc) is 2.79. The third-order valence-electron chi connectivity index (χ3n) is 2.87. The fraction of sp³-hybridized carbons (Fsp3) is 0.462. The second-order valence-corrected chi connectivity index (χ2v) is 4.28. The van der Waals surface area contributed by atoms with E-state index in [0.29, 0.717) is 26.1 Å². The van der Waals surface area contributed by atoms with Crippen molar-refractivity contribution < 1.29 is 14.6 Å². The van der Waals surface area contributed by atoms with E-state index in [4.69, 9.17) is 4.74 Å². The third-order valence-corrected chi connectivity index (χ3v) is 2.87. The van der Waals surface area contributed by atoms with Crippen molar-refractivity contribution in [2.24, 2.45) is 0 Å². The number of aliphatic hydroxyl groups excluding tert-OH is 1. The molecule has 2 rings (SSSR count). The molecule has 0 saturated carbocycles. The summed E-state index contributed by atoms with van der Waals surface area (Å²) in [5.74, 6) is 0.784. The van der Waals surface area contributed by atoms with E-state index in [1.165, 1.54) is 0 Å². The number of β-amino-alcohol motifs (C(OH)–C–C–N with tert-alkyl or cyclic N) is 1. The van der Waals surface area contributed by atoms with E-state index < -0.39 is 6.10 Å². The highest BCUT2D eigenvalue weighted by Gasteiger charge is 2.24. The Morgan fingerprint density at radius 3 is 2.78 bits per heavy atom. The minimum atomic E-state index is -0.393. The van der Waals surface area contributed by atoms with Crippen molar-refractivity contribution in [2.45, 2.75) is 19.4 Å². The molecule has 2 amide bonds. The van der Waals surface area contributed by atoms with Gasteiger partial charge in [-0.25, -0.2) is 4.79 Å². The monoisotopic (exact) mass is 250 g/mol. The molecule has 98 valence electrons. The number of anilines is 1. The molecule has 1 aromatic carbocycles. The summed E-state index contributed by atoms with van der Waals surface area (Å²) in [4.78, 5) is 13.5. The Kier molecular flexibility index (Phi) is 4.04. The number of carbonyl (C=O) groups is 1. The smallest absolute Gasteiger partial charge is 0.321 e. The number of hydrogen-bond acceptors (Lipinski definition) is 3. The minimum Gasteiger partial charge on any atom is -0.494 e. The number of carbonyl (C=O) groups excluding carboxylic acids is 1. The van der Waals surface area contributed by atoms with Crippen molar-refractivity contribution >= 4 is 11.7 Å². The molecule has 1 fully saturated rings. The van der Waals surface area contributed by atoms with Crippen molar-refractivity contribution in [3.8, 4) is 5.75 Å². The molecule has 5 heteroatoms. The second-order valence-electron chi connectivity index (χ2n) is 4.28. The molecule has 1 atom stereocenters. The molecular weight excluding hydrogens is 232 g/mol. The van der Waals surface area contributed by atoms with Crippen LogP contribution in [0.1, 0.15) is 13.3 Å². The van der Waals surface area contributed by atoms with E-state index in [1.54, 1.807) is 17.0 Å². The van der Waals surface area contributed by atoms with Gasteiger partial charge in [0.25, 0.3) is 0 Å². The maximum Gasteiger partial charge on any atom is 0.321 e. The molecule has 0 aliphatic carbocycles. The van der Waals surface area contributed by atoms with Crippen molar-refractivity contribution in [1.29, 1.82) is 0 Å². The lowest BCUT2D eigenvalue weighted by atomic mass is 10.3. The van der Waals surface area contributed by atoms with Crippen LogP contribution >= 0.6 is 0 Å². The SMILES string of the molecule is CCOc1ccc(NC(=O)N2CCC(O)C2)cc1. The standard InChI is InChI=1S/C13H18N2O3/c1-2-18-12-5-3-10(4-6-12)14-13(17)15-8-7-11(16)9-15/h3-6,11,16H,2,7-9H2,1H3,(H,14,17). The van der Waals surface area contributed by atoms with Gasteiger partial charge in [-0.15, -0.1) is 0 Å². The molecule has 0 radical (unpaired) electrons. The largest absolute Gasteiger partial charge is 0.494 e. The summed E-state index contributed by atoms with van der Waals surface area (Å²) in [7, 11) is 0. The zero-order valence-corrected chi connectivity index (χ0v) is 10.4. The van der Waals surface area contributed by atoms with Gasteiger partial charge in [0, 0.05) is 18.8 Å². The van der Waals surface area contributed by atoms with Crippen LogP contribution in [0, 0.1) is 0 Å². The van der Waals surface area contributed by atoms with E-state index in [-0.39, 0.29) is 6.03 Å². The van der Waals surface area contributed by atoms with E-state index >= 15 is 0 Å². The molecule has 1 aromatic rings. The van der Waals surface area contributed by atoms with Gasteiger partial charge in [0.05, 0.1) is 12.7 Å². The van der Waals surface area contributed by atoms with E-state index in [0.717, 1.165) is 11.4 Å². The van der Waals surface area contributed by atoms with Crippen LogP contribution in [0.3, 0.4) is 0 Å². The maximum absolute atomic E-state index is 11.8. The number of nitrogens with one attached hydrogen (secondary N) is 1. The summed E-state index contributed by atoms with van der Waals surface area (Å²) in [6.45, 7) is 3.55. The number of urea groups is 1. The van der Waals surface area contributed by atoms with Gasteiger partial charge in [0.1, 0.15) is 5.75 Å². The zero-order valence-electron chi connectivity index (χ0n) is 10.4. The Bertz CT molecular complexity index is 405. The van der Waals surface area contributed by atoms with Crippen LogP contribution < -0.4 is 10.1 Å². The lowest BCUT2D eigenvalue weighted by molar-refractivity contribution is 0.176. The van der Waals surface area contributed by atoms with Gasteiger partial charge >= 0.3 is 6.03 Å². The van der Waals surface area contributed by atoms with Gasteiger partial charge in [0.15, 0.2) is 0 Å². The highest BCUT2D eigenvalue weighted by atomic mass is 16.5. The first kappa shape index (κ1) is 12.7. The van der Waals surface area contributed by atoms with Crippen LogP contribution in [0.15, 0.2) is 24.3 Å². The quantitative estimate of drug-likeness (QED) is 0.858. The van der Waals surface area contributed by atoms with Crippen LogP contribution in [-0.2, 0) is 0 Å². The fourth-order valence-corrected chi connectivity index (χ4v) is 1.93. The molecule has 0 bridgehead atoms. The van der Waals surface area contributed by atoms with Crippen molar-refractivity contribution in [1.82, 2.24) is 4.90 Å². The highest BCUT2D eigenvalue weighted by molar-refractivity contribution is 5.89. The molecule has 1 heterocycles. The Labute approximate surface area is 106 Å². The van der Waals surface area contributed by atoms with Crippen molar-refractivity contribution in [3.63, 3.8) is 0 Å². The molecule has 1 unspecified atom stereocenters. The Hall–Kier alpha value is -1.75. The molecule has 1 aliphatic rings. The summed E-state index contributed by atoms with van der Waals surface area (Å²) < 4.78 is 5.32. The number of nitrogens with zero attached hydrogens (tertiary/aromatic N) is 1. The van der Waals surface area contributed by atoms with Gasteiger partial charge in [-0.05, 0) is 37.6 Å². The molecular formula is C13H18N2O3. The average molecular weight is 250 g/mol. The first-order valence-corrected chi connectivity index (χ1v) is 6.16. The van der Waals surface area contributed by atoms with Crippen LogP contribution in [0.5, 0.6) is 5.75 Å². The summed E-state index contributed by atoms with van der Waals surface area (Å²) in [6, 6.07) is 7.07. The van der Waals surface area contributed by atoms with Gasteiger partial charge in [-0.3, -0.25) is 0 Å². The number of amides is 2. The van der Waals surface area contributed by atoms with E-state index in [1.807, 2.05) is 19.1 Å². The molecule has 2 N–H and O–H groups in total. The summed E-state index contributed by atoms with van der Waals surface area (Å²) >= 11 is 0. The lowest BCUT2D eigenvalue weighted by Crippen LogP contribution is -2.33. The van der Waals surface area contributed by atoms with E-state index in [2.05, 4.69) is 5.32 Å². The number of likely N-dealkylation sites (tertiary alicyclic amines) is 1. The summed E-state index contributed by atoms with van der Waals surface area (Å²) in [6.07, 6.45) is 0.257. The summed E-state index contributed by atoms with van der Waals surface area (Å²) in [5, 5.41) is 12.2. The van der Waals surface area contributed by atoms with Gasteiger partial charge in [-0.2, -0.15) is 0 Å². The third kappa shape index (κ3) is 3.13. The van der Waals surface area contributed by atoms with Crippen molar-refractivity contribution in [3.05, 3.63) is 24.3 Å². The van der Waals surface area contributed by atoms with Gasteiger partial charge in [0.2, 0.25) is 0 Å². The number of aliphatic hydroxyl groups is 1. The lowest BCUT2D eigenvalue weighted by Gasteiger charge is -2.16. The minimum absolute atomic E-state index is 0.171. The summed E-state index contributed by atoms with van der Waals surface area (Å²) in [5.41, 5.74) is 0.727. The van der Waals surface area contributed by atoms with Gasteiger partial charge < -0.3 is 20.1 Å². The molecule has 1 saturated heterocycles. The topological polar surface area (TPSA) is 61.8 Å². The second kappa shape index (κ2) is 5.73. The number of benzene rings is 1. The maximum atomic E-state index is 11.8. The first-order chi connectivity index (χ1) is 8.69. The first-order valence-electron chi connectivity index (χ1n) is 6.16.